The van der Waals surface area contributed by atoms with Gasteiger partial charge in [-0.25, -0.2) is 4.39 Å². The molecular weight excluding hydrogens is 341 g/mol. The van der Waals surface area contributed by atoms with Crippen molar-refractivity contribution >= 4 is 22.3 Å². The van der Waals surface area contributed by atoms with Crippen LogP contribution in [0, 0.1) is 19.7 Å². The van der Waals surface area contributed by atoms with Gasteiger partial charge in [-0.2, -0.15) is 17.8 Å². The highest BCUT2D eigenvalue weighted by atomic mass is 32.2. The molecule has 3 rings (SSSR count). The molecule has 6 heteroatoms. The summed E-state index contributed by atoms with van der Waals surface area (Å²) in [5.41, 5.74) is 2.90. The fourth-order valence-electron chi connectivity index (χ4n) is 2.44. The van der Waals surface area contributed by atoms with Gasteiger partial charge in [-0.05, 0) is 55.2 Å². The Kier molecular flexibility index (Phi) is 5.03. The molecule has 0 N–H and O–H groups in total. The molecule has 4 nitrogen and oxygen atoms in total. The van der Waals surface area contributed by atoms with Gasteiger partial charge < -0.3 is 0 Å². The third kappa shape index (κ3) is 4.15. The molecule has 0 atom stereocenters. The van der Waals surface area contributed by atoms with Gasteiger partial charge in [-0.1, -0.05) is 30.4 Å². The summed E-state index contributed by atoms with van der Waals surface area (Å²) in [6, 6.07) is 9.79. The summed E-state index contributed by atoms with van der Waals surface area (Å²) in [6.45, 7) is 4.93. The van der Waals surface area contributed by atoms with Gasteiger partial charge in [0.15, 0.2) is 0 Å². The number of benzene rings is 2. The maximum absolute atomic E-state index is 13.9. The molecule has 0 spiro atoms. The lowest BCUT2D eigenvalue weighted by atomic mass is 10.1. The van der Waals surface area contributed by atoms with Gasteiger partial charge in [0.1, 0.15) is 5.82 Å². The van der Waals surface area contributed by atoms with Crippen LogP contribution in [-0.4, -0.2) is 26.6 Å². The summed E-state index contributed by atoms with van der Waals surface area (Å²) < 4.78 is 43.6. The van der Waals surface area contributed by atoms with Crippen molar-refractivity contribution in [3.63, 3.8) is 0 Å². The third-order valence-corrected chi connectivity index (χ3v) is 5.39. The van der Waals surface area contributed by atoms with Gasteiger partial charge in [0.2, 0.25) is 0 Å². The van der Waals surface area contributed by atoms with Gasteiger partial charge >= 0.3 is 10.1 Å². The van der Waals surface area contributed by atoms with Crippen molar-refractivity contribution in [3.05, 3.63) is 64.5 Å². The minimum absolute atomic E-state index is 0.0917. The zero-order chi connectivity index (χ0) is 18.0. The lowest BCUT2D eigenvalue weighted by molar-refractivity contribution is -0.101. The Morgan fingerprint density at radius 2 is 1.76 bits per heavy atom. The predicted octanol–water partition coefficient (Wildman–Crippen LogP) is 3.94. The van der Waals surface area contributed by atoms with Crippen LogP contribution in [0.3, 0.4) is 0 Å². The van der Waals surface area contributed by atoms with Crippen LogP contribution in [0.4, 0.5) is 4.39 Å². The zero-order valence-corrected chi connectivity index (χ0v) is 15.0. The number of hydroxylamine groups is 2. The number of rotatable bonds is 5. The van der Waals surface area contributed by atoms with Gasteiger partial charge in [-0.15, -0.1) is 0 Å². The van der Waals surface area contributed by atoms with Gasteiger partial charge in [-0.3, -0.25) is 0 Å². The minimum atomic E-state index is -3.84. The second kappa shape index (κ2) is 7.07. The summed E-state index contributed by atoms with van der Waals surface area (Å²) in [7, 11) is -3.84. The van der Waals surface area contributed by atoms with E-state index >= 15 is 0 Å². The first-order chi connectivity index (χ1) is 11.8. The van der Waals surface area contributed by atoms with Crippen LogP contribution in [0.2, 0.25) is 0 Å². The Labute approximate surface area is 147 Å². The summed E-state index contributed by atoms with van der Waals surface area (Å²) in [5, 5.41) is 1.42. The quantitative estimate of drug-likeness (QED) is 0.757. The molecule has 0 aliphatic carbocycles. The van der Waals surface area contributed by atoms with E-state index in [4.69, 9.17) is 4.28 Å². The van der Waals surface area contributed by atoms with Crippen molar-refractivity contribution in [1.82, 2.24) is 5.06 Å². The zero-order valence-electron chi connectivity index (χ0n) is 14.2. The molecule has 25 heavy (non-hydrogen) atoms. The van der Waals surface area contributed by atoms with E-state index in [0.717, 1.165) is 17.5 Å². The van der Waals surface area contributed by atoms with Crippen LogP contribution in [0.5, 0.6) is 0 Å². The predicted molar refractivity (Wildman–Crippen MR) is 95.7 cm³/mol. The summed E-state index contributed by atoms with van der Waals surface area (Å²) >= 11 is 0. The van der Waals surface area contributed by atoms with Crippen LogP contribution in [-0.2, 0) is 14.4 Å². The smallest absolute Gasteiger partial charge is 0.206 e. The second-order valence-corrected chi connectivity index (χ2v) is 7.72. The Balaban J connectivity index is 1.87. The SMILES string of the molecule is Cc1ccc(/C=C/c2cc(S(=O)(=O)ON3CCC3)ccc2C)c(F)c1. The first-order valence-electron chi connectivity index (χ1n) is 8.09. The lowest BCUT2D eigenvalue weighted by Gasteiger charge is -2.28. The molecule has 1 heterocycles. The van der Waals surface area contributed by atoms with Crippen molar-refractivity contribution in [1.29, 1.82) is 0 Å². The van der Waals surface area contributed by atoms with E-state index < -0.39 is 10.1 Å². The van der Waals surface area contributed by atoms with Crippen LogP contribution < -0.4 is 0 Å². The molecule has 0 radical (unpaired) electrons. The minimum Gasteiger partial charge on any atom is -0.206 e. The first kappa shape index (κ1) is 17.8. The fraction of sp³-hybridized carbons (Fsp3) is 0.263. The fourth-order valence-corrected chi connectivity index (χ4v) is 3.46. The monoisotopic (exact) mass is 361 g/mol. The van der Waals surface area contributed by atoms with E-state index in [0.29, 0.717) is 24.2 Å². The molecule has 0 bridgehead atoms. The Bertz CT molecular complexity index is 918. The summed E-state index contributed by atoms with van der Waals surface area (Å²) in [4.78, 5) is 0.0917. The highest BCUT2D eigenvalue weighted by Crippen LogP contribution is 2.22. The second-order valence-electron chi connectivity index (χ2n) is 6.19. The third-order valence-electron chi connectivity index (χ3n) is 4.16. The van der Waals surface area contributed by atoms with E-state index in [1.54, 1.807) is 30.4 Å². The highest BCUT2D eigenvalue weighted by Gasteiger charge is 2.24. The van der Waals surface area contributed by atoms with Crippen LogP contribution in [0.1, 0.15) is 28.7 Å². The van der Waals surface area contributed by atoms with E-state index in [9.17, 15) is 12.8 Å². The maximum atomic E-state index is 13.9. The van der Waals surface area contributed by atoms with E-state index in [1.807, 2.05) is 19.9 Å². The van der Waals surface area contributed by atoms with E-state index in [2.05, 4.69) is 0 Å². The molecule has 132 valence electrons. The molecule has 1 aliphatic rings. The molecule has 0 amide bonds. The Morgan fingerprint density at radius 1 is 1.04 bits per heavy atom. The van der Waals surface area contributed by atoms with Crippen molar-refractivity contribution in [2.75, 3.05) is 13.1 Å². The van der Waals surface area contributed by atoms with Crippen LogP contribution in [0.25, 0.3) is 12.2 Å². The number of aryl methyl sites for hydroxylation is 2. The molecule has 2 aromatic carbocycles. The number of halogens is 1. The molecule has 1 fully saturated rings. The largest absolute Gasteiger partial charge is 0.313 e. The topological polar surface area (TPSA) is 46.6 Å². The molecular formula is C19H20FNO3S. The highest BCUT2D eigenvalue weighted by molar-refractivity contribution is 7.86. The van der Waals surface area contributed by atoms with Gasteiger partial charge in [0, 0.05) is 18.7 Å². The van der Waals surface area contributed by atoms with Crippen molar-refractivity contribution in [2.24, 2.45) is 0 Å². The van der Waals surface area contributed by atoms with E-state index in [1.165, 1.54) is 17.2 Å². The average molecular weight is 361 g/mol. The molecule has 0 saturated carbocycles. The van der Waals surface area contributed by atoms with Crippen LogP contribution >= 0.6 is 0 Å². The van der Waals surface area contributed by atoms with Crippen molar-refractivity contribution < 1.29 is 17.1 Å². The number of nitrogens with zero attached hydrogens (tertiary/aromatic N) is 1. The first-order valence-corrected chi connectivity index (χ1v) is 9.50. The Morgan fingerprint density at radius 3 is 2.40 bits per heavy atom. The average Bonchev–Trinajstić information content (AvgIpc) is 2.51. The number of hydrogen-bond acceptors (Lipinski definition) is 4. The Hall–Kier alpha value is -2.02. The van der Waals surface area contributed by atoms with Gasteiger partial charge in [0.25, 0.3) is 0 Å². The molecule has 0 unspecified atom stereocenters. The normalized spacial score (nSPS) is 15.5. The van der Waals surface area contributed by atoms with Crippen molar-refractivity contribution in [2.45, 2.75) is 25.2 Å². The van der Waals surface area contributed by atoms with Crippen molar-refractivity contribution in [3.8, 4) is 0 Å². The van der Waals surface area contributed by atoms with E-state index in [-0.39, 0.29) is 10.7 Å². The maximum Gasteiger partial charge on any atom is 0.313 e. The molecule has 1 saturated heterocycles. The summed E-state index contributed by atoms with van der Waals surface area (Å²) in [6.07, 6.45) is 4.29. The lowest BCUT2D eigenvalue weighted by Crippen LogP contribution is -2.38. The number of hydrogen-bond donors (Lipinski definition) is 0. The summed E-state index contributed by atoms with van der Waals surface area (Å²) in [5.74, 6) is -0.307. The molecule has 0 aromatic heterocycles. The van der Waals surface area contributed by atoms with Gasteiger partial charge in [0.05, 0.1) is 4.90 Å². The molecule has 1 aliphatic heterocycles. The van der Waals surface area contributed by atoms with Crippen LogP contribution in [0.15, 0.2) is 41.3 Å². The standard InChI is InChI=1S/C19H20FNO3S/c1-14-4-6-16(19(20)12-14)7-8-17-13-18(9-5-15(17)2)25(22,23)24-21-10-3-11-21/h4-9,12-13H,3,10-11H2,1-2H3/b8-7+. The molecule has 2 aromatic rings.